The van der Waals surface area contributed by atoms with E-state index in [2.05, 4.69) is 19.2 Å². The highest BCUT2D eigenvalue weighted by molar-refractivity contribution is 5.77. The van der Waals surface area contributed by atoms with Crippen LogP contribution in [0.15, 0.2) is 24.3 Å². The summed E-state index contributed by atoms with van der Waals surface area (Å²) in [6.07, 6.45) is 1.94. The number of rotatable bonds is 8. The van der Waals surface area contributed by atoms with Crippen molar-refractivity contribution in [1.82, 2.24) is 5.32 Å². The van der Waals surface area contributed by atoms with Gasteiger partial charge in [-0.3, -0.25) is 4.79 Å². The maximum atomic E-state index is 11.5. The molecule has 0 bridgehead atoms. The quantitative estimate of drug-likeness (QED) is 0.765. The lowest BCUT2D eigenvalue weighted by molar-refractivity contribution is -0.123. The minimum atomic E-state index is -0.0836. The first-order valence-corrected chi connectivity index (χ1v) is 7.21. The number of benzene rings is 1. The zero-order valence-electron chi connectivity index (χ0n) is 12.7. The second-order valence-electron chi connectivity index (χ2n) is 5.65. The van der Waals surface area contributed by atoms with Gasteiger partial charge in [-0.15, -0.1) is 0 Å². The number of hydrogen-bond acceptors (Lipinski definition) is 3. The molecule has 1 aromatic rings. The molecule has 0 radical (unpaired) electrons. The molecule has 1 atom stereocenters. The summed E-state index contributed by atoms with van der Waals surface area (Å²) >= 11 is 0. The van der Waals surface area contributed by atoms with Gasteiger partial charge in [-0.25, -0.2) is 0 Å². The van der Waals surface area contributed by atoms with E-state index in [1.54, 1.807) is 0 Å². The monoisotopic (exact) mass is 278 g/mol. The number of ether oxygens (including phenoxy) is 1. The summed E-state index contributed by atoms with van der Waals surface area (Å²) in [5, 5.41) is 2.82. The van der Waals surface area contributed by atoms with Gasteiger partial charge < -0.3 is 15.8 Å². The third kappa shape index (κ3) is 7.14. The van der Waals surface area contributed by atoms with Crippen molar-refractivity contribution < 1.29 is 9.53 Å². The van der Waals surface area contributed by atoms with Gasteiger partial charge in [0.15, 0.2) is 6.61 Å². The van der Waals surface area contributed by atoms with Crippen LogP contribution in [0.25, 0.3) is 0 Å². The fourth-order valence-electron chi connectivity index (χ4n) is 1.66. The van der Waals surface area contributed by atoms with Gasteiger partial charge in [0.2, 0.25) is 0 Å². The van der Waals surface area contributed by atoms with Gasteiger partial charge in [-0.2, -0.15) is 0 Å². The maximum absolute atomic E-state index is 11.5. The van der Waals surface area contributed by atoms with Crippen LogP contribution in [0.2, 0.25) is 0 Å². The van der Waals surface area contributed by atoms with E-state index in [1.807, 2.05) is 31.2 Å². The first-order valence-electron chi connectivity index (χ1n) is 7.21. The van der Waals surface area contributed by atoms with E-state index >= 15 is 0 Å². The third-order valence-corrected chi connectivity index (χ3v) is 2.89. The molecule has 4 nitrogen and oxygen atoms in total. The Labute approximate surface area is 121 Å². The zero-order chi connectivity index (χ0) is 15.0. The highest BCUT2D eigenvalue weighted by Gasteiger charge is 2.04. The molecule has 1 aromatic carbocycles. The van der Waals surface area contributed by atoms with E-state index in [4.69, 9.17) is 10.5 Å². The van der Waals surface area contributed by atoms with Crippen molar-refractivity contribution in [1.29, 1.82) is 0 Å². The van der Waals surface area contributed by atoms with Crippen molar-refractivity contribution in [2.45, 2.75) is 39.7 Å². The van der Waals surface area contributed by atoms with Crippen molar-refractivity contribution >= 4 is 5.91 Å². The Morgan fingerprint density at radius 3 is 2.45 bits per heavy atom. The van der Waals surface area contributed by atoms with E-state index < -0.39 is 0 Å². The number of nitrogens with one attached hydrogen (secondary N) is 1. The maximum Gasteiger partial charge on any atom is 0.257 e. The molecule has 0 saturated heterocycles. The van der Waals surface area contributed by atoms with Crippen LogP contribution >= 0.6 is 0 Å². The summed E-state index contributed by atoms with van der Waals surface area (Å²) in [6, 6.07) is 8.04. The van der Waals surface area contributed by atoms with Crippen molar-refractivity contribution in [2.75, 3.05) is 13.2 Å². The summed E-state index contributed by atoms with van der Waals surface area (Å²) < 4.78 is 5.44. The van der Waals surface area contributed by atoms with Crippen LogP contribution in [-0.4, -0.2) is 25.1 Å². The molecule has 0 spiro atoms. The lowest BCUT2D eigenvalue weighted by Gasteiger charge is -2.10. The molecule has 0 saturated carbocycles. The van der Waals surface area contributed by atoms with Gasteiger partial charge >= 0.3 is 0 Å². The second kappa shape index (κ2) is 8.59. The predicted octanol–water partition coefficient (Wildman–Crippen LogP) is 2.12. The highest BCUT2D eigenvalue weighted by atomic mass is 16.5. The highest BCUT2D eigenvalue weighted by Crippen LogP contribution is 2.13. The van der Waals surface area contributed by atoms with Crippen molar-refractivity contribution in [3.63, 3.8) is 0 Å². The lowest BCUT2D eigenvalue weighted by Crippen LogP contribution is -2.31. The minimum absolute atomic E-state index is 0.0614. The predicted molar refractivity (Wildman–Crippen MR) is 81.8 cm³/mol. The molecule has 0 aliphatic rings. The molecule has 0 heterocycles. The molecule has 0 aliphatic carbocycles. The minimum Gasteiger partial charge on any atom is -0.484 e. The average Bonchev–Trinajstić information content (AvgIpc) is 2.41. The van der Waals surface area contributed by atoms with E-state index in [9.17, 15) is 4.79 Å². The van der Waals surface area contributed by atoms with E-state index in [0.29, 0.717) is 18.2 Å². The van der Waals surface area contributed by atoms with Crippen molar-refractivity contribution in [2.24, 2.45) is 11.7 Å². The number of aryl methyl sites for hydroxylation is 1. The molecular weight excluding hydrogens is 252 g/mol. The molecule has 1 unspecified atom stereocenters. The Bertz CT molecular complexity index is 399. The van der Waals surface area contributed by atoms with Crippen LogP contribution < -0.4 is 15.8 Å². The molecule has 20 heavy (non-hydrogen) atoms. The number of amides is 1. The molecule has 112 valence electrons. The summed E-state index contributed by atoms with van der Waals surface area (Å²) in [7, 11) is 0. The summed E-state index contributed by atoms with van der Waals surface area (Å²) in [4.78, 5) is 11.5. The Morgan fingerprint density at radius 1 is 1.25 bits per heavy atom. The molecule has 4 heteroatoms. The Kier molecular flexibility index (Phi) is 7.09. The van der Waals surface area contributed by atoms with Crippen molar-refractivity contribution in [3.05, 3.63) is 29.8 Å². The Hall–Kier alpha value is -1.55. The average molecular weight is 278 g/mol. The normalized spacial score (nSPS) is 12.2. The van der Waals surface area contributed by atoms with Gasteiger partial charge in [-0.05, 0) is 43.4 Å². The molecule has 0 aromatic heterocycles. The Morgan fingerprint density at radius 2 is 1.90 bits per heavy atom. The number of carbonyl (C=O) groups excluding carboxylic acids is 1. The van der Waals surface area contributed by atoms with Crippen LogP contribution in [0, 0.1) is 5.92 Å². The number of carbonyl (C=O) groups is 1. The fourth-order valence-corrected chi connectivity index (χ4v) is 1.66. The van der Waals surface area contributed by atoms with Crippen LogP contribution in [-0.2, 0) is 11.2 Å². The third-order valence-electron chi connectivity index (χ3n) is 2.89. The largest absolute Gasteiger partial charge is 0.484 e. The van der Waals surface area contributed by atoms with Crippen LogP contribution in [0.3, 0.4) is 0 Å². The molecule has 1 rings (SSSR count). The van der Waals surface area contributed by atoms with Gasteiger partial charge in [-0.1, -0.05) is 26.0 Å². The Balaban J connectivity index is 2.32. The van der Waals surface area contributed by atoms with Crippen molar-refractivity contribution in [3.8, 4) is 5.75 Å². The van der Waals surface area contributed by atoms with E-state index in [0.717, 1.165) is 12.8 Å². The van der Waals surface area contributed by atoms with E-state index in [1.165, 1.54) is 5.56 Å². The molecule has 0 aliphatic heterocycles. The van der Waals surface area contributed by atoms with Gasteiger partial charge in [0.25, 0.3) is 5.91 Å². The number of nitrogens with two attached hydrogens (primary N) is 1. The summed E-state index contributed by atoms with van der Waals surface area (Å²) in [6.45, 7) is 6.86. The molecular formula is C16H26N2O2. The summed E-state index contributed by atoms with van der Waals surface area (Å²) in [5.41, 5.74) is 6.97. The fraction of sp³-hybridized carbons (Fsp3) is 0.562. The van der Waals surface area contributed by atoms with Crippen LogP contribution in [0.5, 0.6) is 5.75 Å². The topological polar surface area (TPSA) is 64.3 Å². The molecule has 3 N–H and O–H groups in total. The molecule has 1 amide bonds. The zero-order valence-corrected chi connectivity index (χ0v) is 12.7. The first kappa shape index (κ1) is 16.5. The first-order chi connectivity index (χ1) is 9.47. The van der Waals surface area contributed by atoms with Gasteiger partial charge in [0.05, 0.1) is 0 Å². The SMILES string of the molecule is CC(C)CNC(=O)COc1ccc(CCC(C)N)cc1. The number of hydrogen-bond donors (Lipinski definition) is 2. The molecule has 0 fully saturated rings. The summed E-state index contributed by atoms with van der Waals surface area (Å²) in [5.74, 6) is 1.08. The van der Waals surface area contributed by atoms with Crippen LogP contribution in [0.4, 0.5) is 0 Å². The van der Waals surface area contributed by atoms with Gasteiger partial charge in [0.1, 0.15) is 5.75 Å². The van der Waals surface area contributed by atoms with Gasteiger partial charge in [0, 0.05) is 12.6 Å². The van der Waals surface area contributed by atoms with E-state index in [-0.39, 0.29) is 18.6 Å². The standard InChI is InChI=1S/C16H26N2O2/c1-12(2)10-18-16(19)11-20-15-8-6-14(7-9-15)5-4-13(3)17/h6-9,12-13H,4-5,10-11,17H2,1-3H3,(H,18,19). The second-order valence-corrected chi connectivity index (χ2v) is 5.65. The smallest absolute Gasteiger partial charge is 0.257 e. The van der Waals surface area contributed by atoms with Crippen LogP contribution in [0.1, 0.15) is 32.8 Å². The lowest BCUT2D eigenvalue weighted by atomic mass is 10.1.